The van der Waals surface area contributed by atoms with Crippen molar-refractivity contribution in [3.63, 3.8) is 0 Å². The zero-order valence-electron chi connectivity index (χ0n) is 33.5. The molecule has 10 aromatic rings. The van der Waals surface area contributed by atoms with Crippen LogP contribution in [0.3, 0.4) is 0 Å². The molecule has 0 saturated carbocycles. The second-order valence-corrected chi connectivity index (χ2v) is 17.2. The smallest absolute Gasteiger partial charge is 0.0541 e. The van der Waals surface area contributed by atoms with Gasteiger partial charge in [-0.15, -0.1) is 0 Å². The predicted octanol–water partition coefficient (Wildman–Crippen LogP) is 15.9. The topological polar surface area (TPSA) is 8.17 Å². The van der Waals surface area contributed by atoms with Crippen molar-refractivity contribution >= 4 is 60.3 Å². The highest BCUT2D eigenvalue weighted by atomic mass is 15.2. The van der Waals surface area contributed by atoms with Crippen molar-refractivity contribution in [3.8, 4) is 50.2 Å². The van der Waals surface area contributed by atoms with Gasteiger partial charge in [0.05, 0.1) is 11.0 Å². The van der Waals surface area contributed by atoms with Crippen molar-refractivity contribution in [2.24, 2.45) is 0 Å². The van der Waals surface area contributed by atoms with Gasteiger partial charge in [0.15, 0.2) is 0 Å². The molecule has 0 amide bonds. The third-order valence-electron chi connectivity index (χ3n) is 14.1. The summed E-state index contributed by atoms with van der Waals surface area (Å²) in [6.07, 6.45) is 9.13. The Kier molecular flexibility index (Phi) is 6.63. The minimum absolute atomic E-state index is 0.421. The van der Waals surface area contributed by atoms with E-state index in [9.17, 15) is 0 Å². The summed E-state index contributed by atoms with van der Waals surface area (Å²) < 4.78 is 2.41. The molecular formula is C59H38N2. The molecule has 2 heterocycles. The van der Waals surface area contributed by atoms with Gasteiger partial charge in [0.1, 0.15) is 0 Å². The summed E-state index contributed by atoms with van der Waals surface area (Å²) in [5, 5.41) is 7.68. The van der Waals surface area contributed by atoms with Crippen LogP contribution in [0.2, 0.25) is 0 Å². The fourth-order valence-electron chi connectivity index (χ4n) is 11.5. The molecule has 2 nitrogen and oxygen atoms in total. The van der Waals surface area contributed by atoms with Crippen LogP contribution in [0.1, 0.15) is 35.4 Å². The third-order valence-corrected chi connectivity index (χ3v) is 14.1. The number of rotatable bonds is 3. The average molecular weight is 775 g/mol. The molecule has 0 fully saturated rings. The van der Waals surface area contributed by atoms with Crippen LogP contribution >= 0.6 is 0 Å². The lowest BCUT2D eigenvalue weighted by molar-refractivity contribution is 0.737. The van der Waals surface area contributed by atoms with Crippen molar-refractivity contribution < 1.29 is 0 Å². The molecule has 2 heteroatoms. The molecule has 0 bridgehead atoms. The number of aromatic nitrogens is 1. The SMILES string of the molecule is C=C1c2ccc(-n3c4ccccc4c4ccccc43)cc2-c2cccc(-c3cc4c5c(cccc5c3)-c3cc5cc(N6C7=CC=CCCC7c7ccccc76)ccc5cc3-4)c21. The van der Waals surface area contributed by atoms with Crippen LogP contribution in [0.5, 0.6) is 0 Å². The molecule has 0 N–H and O–H groups in total. The first-order valence-electron chi connectivity index (χ1n) is 21.5. The van der Waals surface area contributed by atoms with Crippen LogP contribution in [-0.4, -0.2) is 4.57 Å². The number of hydrogen-bond donors (Lipinski definition) is 0. The van der Waals surface area contributed by atoms with Gasteiger partial charge in [0.2, 0.25) is 0 Å². The molecule has 1 aromatic heterocycles. The molecule has 1 atom stereocenters. The standard InChI is InChI=1S/C59H38N2/c1-35-42-28-27-41(61-56-23-9-6-16-46(56)47-17-7-10-24-57(47)61)34-52(42)48-20-12-18-43(58(35)48)39-29-37-13-11-19-49-50-32-38-30-40(26-25-36(38)31-51(50)53(33-39)59(37)49)60-54-21-4-2-3-14-44(54)45-15-5-8-22-55(45)60/h2,4-13,15-34,44H,1,3,14H2. The Hall–Kier alpha value is -7.68. The van der Waals surface area contributed by atoms with Gasteiger partial charge >= 0.3 is 0 Å². The van der Waals surface area contributed by atoms with E-state index in [0.717, 1.165) is 24.1 Å². The van der Waals surface area contributed by atoms with Gasteiger partial charge in [-0.05, 0) is 174 Å². The van der Waals surface area contributed by atoms with E-state index in [4.69, 9.17) is 6.58 Å². The van der Waals surface area contributed by atoms with E-state index in [-0.39, 0.29) is 0 Å². The molecule has 0 saturated heterocycles. The summed E-state index contributed by atoms with van der Waals surface area (Å²) in [5.41, 5.74) is 22.7. The maximum atomic E-state index is 4.76. The first-order chi connectivity index (χ1) is 30.2. The summed E-state index contributed by atoms with van der Waals surface area (Å²) in [6, 6.07) is 63.8. The van der Waals surface area contributed by atoms with Crippen molar-refractivity contribution in [1.82, 2.24) is 4.57 Å². The highest BCUT2D eigenvalue weighted by Gasteiger charge is 2.35. The lowest BCUT2D eigenvalue weighted by Crippen LogP contribution is -2.13. The van der Waals surface area contributed by atoms with Gasteiger partial charge in [-0.3, -0.25) is 0 Å². The fraction of sp³-hybridized carbons (Fsp3) is 0.0508. The quantitative estimate of drug-likeness (QED) is 0.174. The van der Waals surface area contributed by atoms with Crippen LogP contribution in [0.4, 0.5) is 11.4 Å². The van der Waals surface area contributed by atoms with E-state index < -0.39 is 0 Å². The number of benzene rings is 9. The summed E-state index contributed by atoms with van der Waals surface area (Å²) >= 11 is 0. The first-order valence-corrected chi connectivity index (χ1v) is 21.5. The van der Waals surface area contributed by atoms with Gasteiger partial charge < -0.3 is 9.47 Å². The Morgan fingerprint density at radius 3 is 2.10 bits per heavy atom. The molecule has 0 spiro atoms. The Bertz CT molecular complexity index is 3630. The van der Waals surface area contributed by atoms with Crippen LogP contribution < -0.4 is 4.90 Å². The predicted molar refractivity (Wildman–Crippen MR) is 257 cm³/mol. The van der Waals surface area contributed by atoms with E-state index in [1.54, 1.807) is 0 Å². The summed E-state index contributed by atoms with van der Waals surface area (Å²) in [4.78, 5) is 2.50. The fourth-order valence-corrected chi connectivity index (χ4v) is 11.5. The van der Waals surface area contributed by atoms with Crippen molar-refractivity contribution in [2.75, 3.05) is 4.90 Å². The number of para-hydroxylation sites is 3. The number of allylic oxidation sites excluding steroid dienone is 4. The monoisotopic (exact) mass is 774 g/mol. The van der Waals surface area contributed by atoms with Gasteiger partial charge in [0, 0.05) is 39.4 Å². The van der Waals surface area contributed by atoms with E-state index in [1.165, 1.54) is 122 Å². The Morgan fingerprint density at radius 1 is 0.492 bits per heavy atom. The Morgan fingerprint density at radius 2 is 1.21 bits per heavy atom. The van der Waals surface area contributed by atoms with Crippen LogP contribution in [0, 0.1) is 0 Å². The molecule has 0 radical (unpaired) electrons. The molecule has 3 aliphatic carbocycles. The van der Waals surface area contributed by atoms with E-state index in [1.807, 2.05) is 0 Å². The largest absolute Gasteiger partial charge is 0.313 e. The van der Waals surface area contributed by atoms with E-state index >= 15 is 0 Å². The Balaban J connectivity index is 0.890. The van der Waals surface area contributed by atoms with Crippen molar-refractivity contribution in [2.45, 2.75) is 18.8 Å². The molecule has 284 valence electrons. The Labute approximate surface area is 354 Å². The molecule has 9 aromatic carbocycles. The highest BCUT2D eigenvalue weighted by molar-refractivity contribution is 6.19. The second-order valence-electron chi connectivity index (χ2n) is 17.2. The molecule has 1 unspecified atom stereocenters. The first kappa shape index (κ1) is 33.2. The third kappa shape index (κ3) is 4.51. The number of nitrogens with zero attached hydrogens (tertiary/aromatic N) is 2. The van der Waals surface area contributed by atoms with Gasteiger partial charge in [0.25, 0.3) is 0 Å². The average Bonchev–Trinajstić information content (AvgIpc) is 3.94. The minimum atomic E-state index is 0.421. The van der Waals surface area contributed by atoms with Crippen LogP contribution in [0.15, 0.2) is 200 Å². The van der Waals surface area contributed by atoms with E-state index in [0.29, 0.717) is 5.92 Å². The maximum Gasteiger partial charge on any atom is 0.0541 e. The summed E-state index contributed by atoms with van der Waals surface area (Å²) in [5.74, 6) is 0.421. The van der Waals surface area contributed by atoms with Crippen LogP contribution in [-0.2, 0) is 0 Å². The number of hydrogen-bond acceptors (Lipinski definition) is 1. The summed E-state index contributed by atoms with van der Waals surface area (Å²) in [7, 11) is 0. The highest BCUT2D eigenvalue weighted by Crippen LogP contribution is 2.54. The summed E-state index contributed by atoms with van der Waals surface area (Å²) in [6.45, 7) is 4.76. The van der Waals surface area contributed by atoms with Gasteiger partial charge in [-0.1, -0.05) is 122 Å². The lowest BCUT2D eigenvalue weighted by Gasteiger charge is -2.23. The van der Waals surface area contributed by atoms with Crippen molar-refractivity contribution in [1.29, 1.82) is 0 Å². The zero-order valence-corrected chi connectivity index (χ0v) is 33.5. The molecule has 61 heavy (non-hydrogen) atoms. The van der Waals surface area contributed by atoms with Crippen LogP contribution in [0.25, 0.3) is 99.1 Å². The lowest BCUT2D eigenvalue weighted by atomic mass is 9.90. The maximum absolute atomic E-state index is 4.76. The van der Waals surface area contributed by atoms with Gasteiger partial charge in [-0.2, -0.15) is 0 Å². The second kappa shape index (κ2) is 12.2. The number of anilines is 2. The molecule has 4 aliphatic rings. The zero-order chi connectivity index (χ0) is 39.9. The molecule has 14 rings (SSSR count). The van der Waals surface area contributed by atoms with Crippen molar-refractivity contribution in [3.05, 3.63) is 217 Å². The van der Waals surface area contributed by atoms with E-state index in [2.05, 4.69) is 198 Å². The normalized spacial score (nSPS) is 15.6. The number of fused-ring (bicyclic) bond motifs is 13. The van der Waals surface area contributed by atoms with Gasteiger partial charge in [-0.25, -0.2) is 0 Å². The molecule has 1 aliphatic heterocycles. The minimum Gasteiger partial charge on any atom is -0.313 e. The molecular weight excluding hydrogens is 737 g/mol.